The van der Waals surface area contributed by atoms with Crippen molar-refractivity contribution in [2.24, 2.45) is 0 Å². The molecule has 2 amide bonds. The highest BCUT2D eigenvalue weighted by Crippen LogP contribution is 2.34. The van der Waals surface area contributed by atoms with E-state index < -0.39 is 96.7 Å². The van der Waals surface area contributed by atoms with Crippen molar-refractivity contribution in [3.63, 3.8) is 0 Å². The van der Waals surface area contributed by atoms with Crippen LogP contribution in [0.2, 0.25) is 0 Å². The Morgan fingerprint density at radius 2 is 1.13 bits per heavy atom. The molecule has 0 aliphatic carbocycles. The number of aliphatic carboxylic acids is 1. The normalized spacial score (nSPS) is 10.7. The number of aliphatic hydroxyl groups is 1. The van der Waals surface area contributed by atoms with Crippen molar-refractivity contribution in [3.8, 4) is 23.0 Å². The van der Waals surface area contributed by atoms with Crippen LogP contribution in [0.3, 0.4) is 0 Å². The summed E-state index contributed by atoms with van der Waals surface area (Å²) >= 11 is 0. The van der Waals surface area contributed by atoms with Crippen molar-refractivity contribution >= 4 is 42.4 Å². The SMILES string of the molecule is COC(=O)Oc1cccc(C(=O)NCC(O)CN(CC(=O)O)C(=O)c2cccc(OC(=O)OC)c2OC(=O)OC)c1OC(=O)OC. The lowest BCUT2D eigenvalue weighted by Gasteiger charge is -2.25. The van der Waals surface area contributed by atoms with Crippen molar-refractivity contribution < 1.29 is 81.7 Å². The average Bonchev–Trinajstić information content (AvgIpc) is 3.03. The molecule has 19 heteroatoms. The van der Waals surface area contributed by atoms with Crippen LogP contribution in [-0.2, 0) is 23.7 Å². The molecule has 0 aromatic heterocycles. The molecule has 0 fully saturated rings. The largest absolute Gasteiger partial charge is 0.513 e. The number of hydrogen-bond donors (Lipinski definition) is 3. The minimum atomic E-state index is -1.62. The van der Waals surface area contributed by atoms with E-state index in [4.69, 9.17) is 18.9 Å². The van der Waals surface area contributed by atoms with Gasteiger partial charge in [-0.25, -0.2) is 19.2 Å². The van der Waals surface area contributed by atoms with Gasteiger partial charge in [-0.05, 0) is 24.3 Å². The highest BCUT2D eigenvalue weighted by atomic mass is 16.8. The Bertz CT molecular complexity index is 1470. The van der Waals surface area contributed by atoms with Crippen LogP contribution in [0.4, 0.5) is 19.2 Å². The van der Waals surface area contributed by atoms with Gasteiger partial charge in [0.05, 0.1) is 45.7 Å². The number of methoxy groups -OCH3 is 4. The van der Waals surface area contributed by atoms with E-state index in [1.54, 1.807) is 0 Å². The molecule has 46 heavy (non-hydrogen) atoms. The molecule has 0 saturated heterocycles. The van der Waals surface area contributed by atoms with E-state index in [1.807, 2.05) is 0 Å². The number of carbonyl (C=O) groups excluding carboxylic acids is 6. The summed E-state index contributed by atoms with van der Waals surface area (Å²) in [6.45, 7) is -2.28. The zero-order valence-corrected chi connectivity index (χ0v) is 24.6. The molecule has 2 rings (SSSR count). The maximum Gasteiger partial charge on any atom is 0.513 e. The third-order valence-electron chi connectivity index (χ3n) is 5.40. The van der Waals surface area contributed by atoms with Crippen molar-refractivity contribution in [2.75, 3.05) is 48.1 Å². The van der Waals surface area contributed by atoms with Crippen molar-refractivity contribution in [3.05, 3.63) is 47.5 Å². The number of hydrogen-bond acceptors (Lipinski definition) is 16. The van der Waals surface area contributed by atoms with E-state index in [1.165, 1.54) is 24.3 Å². The topological polar surface area (TPSA) is 249 Å². The lowest BCUT2D eigenvalue weighted by atomic mass is 10.1. The van der Waals surface area contributed by atoms with Gasteiger partial charge in [0, 0.05) is 13.1 Å². The van der Waals surface area contributed by atoms with E-state index in [0.29, 0.717) is 4.90 Å². The van der Waals surface area contributed by atoms with Crippen molar-refractivity contribution in [1.82, 2.24) is 10.2 Å². The van der Waals surface area contributed by atoms with E-state index in [-0.39, 0.29) is 5.56 Å². The van der Waals surface area contributed by atoms with Gasteiger partial charge in [0.15, 0.2) is 23.0 Å². The number of nitrogens with one attached hydrogen (secondary N) is 1. The summed E-state index contributed by atoms with van der Waals surface area (Å²) in [6, 6.07) is 7.10. The predicted octanol–water partition coefficient (Wildman–Crippen LogP) is 1.59. The fraction of sp³-hybridized carbons (Fsp3) is 0.296. The van der Waals surface area contributed by atoms with Gasteiger partial charge in [-0.1, -0.05) is 12.1 Å². The molecule has 0 bridgehead atoms. The van der Waals surface area contributed by atoms with Gasteiger partial charge in [0.2, 0.25) is 0 Å². The summed E-state index contributed by atoms with van der Waals surface area (Å²) in [7, 11) is 3.95. The number of ether oxygens (including phenoxy) is 8. The van der Waals surface area contributed by atoms with E-state index in [9.17, 15) is 43.8 Å². The number of carbonyl (C=O) groups is 7. The van der Waals surface area contributed by atoms with Gasteiger partial charge in [0.1, 0.15) is 6.54 Å². The molecule has 19 nitrogen and oxygen atoms in total. The zero-order chi connectivity index (χ0) is 34.4. The second-order valence-electron chi connectivity index (χ2n) is 8.43. The van der Waals surface area contributed by atoms with Crippen molar-refractivity contribution in [2.45, 2.75) is 6.10 Å². The number of nitrogens with zero attached hydrogens (tertiary/aromatic N) is 1. The molecule has 1 atom stereocenters. The summed E-state index contributed by atoms with van der Waals surface area (Å²) in [4.78, 5) is 85.6. The van der Waals surface area contributed by atoms with Gasteiger partial charge in [-0.2, -0.15) is 0 Å². The highest BCUT2D eigenvalue weighted by molar-refractivity contribution is 6.00. The van der Waals surface area contributed by atoms with E-state index >= 15 is 0 Å². The fourth-order valence-electron chi connectivity index (χ4n) is 3.44. The molecule has 0 spiro atoms. The molecule has 0 aliphatic rings. The van der Waals surface area contributed by atoms with Crippen molar-refractivity contribution in [1.29, 1.82) is 0 Å². The standard InChI is InChI=1S/C27H28N2O17/c1-39-24(35)43-17-9-5-7-15(20(17)45-26(37)41-3)22(33)28-11-14(30)12-29(13-19(31)32)23(34)16-8-6-10-18(44-25(36)40-2)21(16)46-27(38)42-4/h5-10,14,30H,11-13H2,1-4H3,(H,28,33)(H,31,32). The van der Waals surface area contributed by atoms with Crippen LogP contribution in [-0.4, -0.2) is 112 Å². The van der Waals surface area contributed by atoms with E-state index in [2.05, 4.69) is 24.3 Å². The fourth-order valence-corrected chi connectivity index (χ4v) is 3.44. The minimum Gasteiger partial charge on any atom is -0.480 e. The first kappa shape index (κ1) is 36.1. The number of rotatable bonds is 12. The molecule has 0 aliphatic heterocycles. The Balaban J connectivity index is 2.32. The second-order valence-corrected chi connectivity index (χ2v) is 8.43. The molecule has 2 aromatic carbocycles. The van der Waals surface area contributed by atoms with Crippen LogP contribution in [0.15, 0.2) is 36.4 Å². The Morgan fingerprint density at radius 1 is 0.696 bits per heavy atom. The third kappa shape index (κ3) is 10.3. The predicted molar refractivity (Wildman–Crippen MR) is 147 cm³/mol. The quantitative estimate of drug-likeness (QED) is 0.167. The maximum absolute atomic E-state index is 13.4. The van der Waals surface area contributed by atoms with E-state index in [0.717, 1.165) is 40.6 Å². The van der Waals surface area contributed by atoms with Gasteiger partial charge >= 0.3 is 30.6 Å². The lowest BCUT2D eigenvalue weighted by Crippen LogP contribution is -2.44. The third-order valence-corrected chi connectivity index (χ3v) is 5.40. The number of carboxylic acids is 1. The van der Waals surface area contributed by atoms with Crippen LogP contribution in [0.25, 0.3) is 0 Å². The summed E-state index contributed by atoms with van der Waals surface area (Å²) in [6.07, 6.45) is -6.65. The van der Waals surface area contributed by atoms with Gasteiger partial charge in [-0.15, -0.1) is 0 Å². The maximum atomic E-state index is 13.4. The van der Waals surface area contributed by atoms with Crippen LogP contribution < -0.4 is 24.3 Å². The first-order valence-corrected chi connectivity index (χ1v) is 12.6. The molecule has 0 radical (unpaired) electrons. The van der Waals surface area contributed by atoms with Crippen LogP contribution >= 0.6 is 0 Å². The van der Waals surface area contributed by atoms with Crippen LogP contribution in [0, 0.1) is 0 Å². The first-order valence-electron chi connectivity index (χ1n) is 12.6. The molecular formula is C27H28N2O17. The molecule has 248 valence electrons. The van der Waals surface area contributed by atoms with Gasteiger partial charge < -0.3 is 58.3 Å². The summed E-state index contributed by atoms with van der Waals surface area (Å²) in [5, 5.41) is 22.4. The monoisotopic (exact) mass is 652 g/mol. The molecule has 0 heterocycles. The molecule has 0 saturated carbocycles. The van der Waals surface area contributed by atoms with Gasteiger partial charge in [0.25, 0.3) is 11.8 Å². The minimum absolute atomic E-state index is 0.357. The smallest absolute Gasteiger partial charge is 0.480 e. The summed E-state index contributed by atoms with van der Waals surface area (Å²) in [5.74, 6) is -5.61. The molecular weight excluding hydrogens is 624 g/mol. The number of amides is 2. The summed E-state index contributed by atoms with van der Waals surface area (Å²) in [5.41, 5.74) is -0.833. The average molecular weight is 653 g/mol. The summed E-state index contributed by atoms with van der Waals surface area (Å²) < 4.78 is 37.4. The number of benzene rings is 2. The zero-order valence-electron chi connectivity index (χ0n) is 24.6. The number of carboxylic acid groups (broad SMARTS) is 1. The van der Waals surface area contributed by atoms with Crippen LogP contribution in [0.5, 0.6) is 23.0 Å². The number of para-hydroxylation sites is 2. The lowest BCUT2D eigenvalue weighted by molar-refractivity contribution is -0.138. The molecule has 3 N–H and O–H groups in total. The Hall–Kier alpha value is -6.11. The highest BCUT2D eigenvalue weighted by Gasteiger charge is 2.29. The molecule has 1 unspecified atom stereocenters. The van der Waals surface area contributed by atoms with Gasteiger partial charge in [-0.3, -0.25) is 14.4 Å². The Labute approximate surface area is 259 Å². The molecule has 2 aromatic rings. The Kier molecular flexibility index (Phi) is 13.5. The Morgan fingerprint density at radius 3 is 1.59 bits per heavy atom. The number of aliphatic hydroxyl groups excluding tert-OH is 1. The van der Waals surface area contributed by atoms with Crippen LogP contribution in [0.1, 0.15) is 20.7 Å². The second kappa shape index (κ2) is 17.3. The first-order chi connectivity index (χ1) is 21.8.